The number of nitrogens with zero attached hydrogens (tertiary/aromatic N) is 1. The van der Waals surface area contributed by atoms with Gasteiger partial charge in [-0.2, -0.15) is 0 Å². The third-order valence-electron chi connectivity index (χ3n) is 3.38. The van der Waals surface area contributed by atoms with E-state index in [2.05, 4.69) is 81.1 Å². The second-order valence-electron chi connectivity index (χ2n) is 4.85. The van der Waals surface area contributed by atoms with E-state index in [1.165, 1.54) is 16.7 Å². The first-order valence-corrected chi connectivity index (χ1v) is 8.23. The molecule has 1 N–H and O–H groups in total. The molecule has 2 aromatic rings. The van der Waals surface area contributed by atoms with Crippen LogP contribution in [-0.2, 0) is 0 Å². The zero-order valence-corrected chi connectivity index (χ0v) is 15.0. The van der Waals surface area contributed by atoms with Gasteiger partial charge in [-0.25, -0.2) is 0 Å². The van der Waals surface area contributed by atoms with Crippen molar-refractivity contribution in [3.05, 3.63) is 61.8 Å². The van der Waals surface area contributed by atoms with E-state index in [4.69, 9.17) is 0 Å². The lowest BCUT2D eigenvalue weighted by molar-refractivity contribution is 0.612. The van der Waals surface area contributed by atoms with Crippen molar-refractivity contribution in [3.8, 4) is 0 Å². The minimum absolute atomic E-state index is 0.0989. The number of aromatic nitrogens is 1. The Morgan fingerprint density at radius 3 is 2.50 bits per heavy atom. The van der Waals surface area contributed by atoms with Crippen LogP contribution in [0.5, 0.6) is 0 Å². The Morgan fingerprint density at radius 2 is 1.90 bits per heavy atom. The van der Waals surface area contributed by atoms with Crippen LogP contribution in [0.3, 0.4) is 0 Å². The van der Waals surface area contributed by atoms with E-state index < -0.39 is 0 Å². The number of hydrogen-bond donors (Lipinski definition) is 1. The first kappa shape index (κ1) is 15.7. The molecule has 0 aliphatic carbocycles. The summed E-state index contributed by atoms with van der Waals surface area (Å²) < 4.78 is 1.99. The van der Waals surface area contributed by atoms with E-state index in [1.54, 1.807) is 0 Å². The maximum absolute atomic E-state index is 4.57. The maximum Gasteiger partial charge on any atom is 0.0763 e. The third-order valence-corrected chi connectivity index (χ3v) is 4.45. The summed E-state index contributed by atoms with van der Waals surface area (Å²) in [6, 6.07) is 8.71. The molecule has 1 heterocycles. The van der Waals surface area contributed by atoms with Crippen LogP contribution >= 0.6 is 31.9 Å². The zero-order valence-electron chi connectivity index (χ0n) is 11.9. The largest absolute Gasteiger partial charge is 0.305 e. The Hall–Kier alpha value is -0.710. The van der Waals surface area contributed by atoms with Crippen LogP contribution in [0.4, 0.5) is 0 Å². The van der Waals surface area contributed by atoms with Crippen LogP contribution in [-0.4, -0.2) is 11.5 Å². The van der Waals surface area contributed by atoms with Crippen molar-refractivity contribution < 1.29 is 0 Å². The summed E-state index contributed by atoms with van der Waals surface area (Å²) >= 11 is 7.06. The highest BCUT2D eigenvalue weighted by molar-refractivity contribution is 9.11. The van der Waals surface area contributed by atoms with Gasteiger partial charge in [0.15, 0.2) is 0 Å². The van der Waals surface area contributed by atoms with Gasteiger partial charge in [0.1, 0.15) is 0 Å². The number of hydrogen-bond acceptors (Lipinski definition) is 2. The van der Waals surface area contributed by atoms with Gasteiger partial charge in [-0.3, -0.25) is 4.98 Å². The summed E-state index contributed by atoms with van der Waals surface area (Å²) in [7, 11) is 0. The molecule has 0 saturated heterocycles. The second kappa shape index (κ2) is 6.83. The van der Waals surface area contributed by atoms with Crippen molar-refractivity contribution >= 4 is 31.9 Å². The van der Waals surface area contributed by atoms with Crippen LogP contribution in [0.2, 0.25) is 0 Å². The van der Waals surface area contributed by atoms with Gasteiger partial charge in [-0.05, 0) is 75.0 Å². The molecular weight excluding hydrogens is 380 g/mol. The van der Waals surface area contributed by atoms with E-state index in [0.717, 1.165) is 21.2 Å². The number of benzene rings is 1. The van der Waals surface area contributed by atoms with Gasteiger partial charge in [-0.1, -0.05) is 25.1 Å². The number of pyridine rings is 1. The predicted molar refractivity (Wildman–Crippen MR) is 91.1 cm³/mol. The van der Waals surface area contributed by atoms with E-state index in [0.29, 0.717) is 0 Å². The summed E-state index contributed by atoms with van der Waals surface area (Å²) in [6.07, 6.45) is 1.84. The normalized spacial score (nSPS) is 12.4. The smallest absolute Gasteiger partial charge is 0.0763 e. The molecule has 1 aromatic heterocycles. The first-order chi connectivity index (χ1) is 9.52. The molecular formula is C16H18Br2N2. The Morgan fingerprint density at radius 1 is 1.15 bits per heavy atom. The fourth-order valence-corrected chi connectivity index (χ4v) is 3.37. The molecule has 0 radical (unpaired) electrons. The topological polar surface area (TPSA) is 24.9 Å². The van der Waals surface area contributed by atoms with Crippen molar-refractivity contribution in [1.82, 2.24) is 10.3 Å². The fourth-order valence-electron chi connectivity index (χ4n) is 2.16. The average molecular weight is 398 g/mol. The Balaban J connectivity index is 2.47. The molecule has 1 atom stereocenters. The van der Waals surface area contributed by atoms with Gasteiger partial charge in [0.25, 0.3) is 0 Å². The molecule has 0 spiro atoms. The highest BCUT2D eigenvalue weighted by Gasteiger charge is 2.18. The van der Waals surface area contributed by atoms with Crippen molar-refractivity contribution in [3.63, 3.8) is 0 Å². The van der Waals surface area contributed by atoms with Crippen LogP contribution in [0, 0.1) is 13.8 Å². The Kier molecular flexibility index (Phi) is 5.35. The van der Waals surface area contributed by atoms with Crippen molar-refractivity contribution in [1.29, 1.82) is 0 Å². The molecule has 4 heteroatoms. The molecule has 0 fully saturated rings. The molecule has 2 nitrogen and oxygen atoms in total. The predicted octanol–water partition coefficient (Wildman–Crippen LogP) is 4.92. The molecule has 0 bridgehead atoms. The molecule has 1 aromatic carbocycles. The molecule has 2 rings (SSSR count). The van der Waals surface area contributed by atoms with Crippen molar-refractivity contribution in [2.75, 3.05) is 6.54 Å². The molecule has 0 amide bonds. The standard InChI is InChI=1S/C16H18Br2N2/c1-4-19-15(12-6-5-10(2)11(3)7-12)16-14(18)8-13(17)9-20-16/h5-9,15,19H,4H2,1-3H3. The monoisotopic (exact) mass is 396 g/mol. The van der Waals surface area contributed by atoms with Crippen molar-refractivity contribution in [2.45, 2.75) is 26.8 Å². The molecule has 0 aliphatic rings. The summed E-state index contributed by atoms with van der Waals surface area (Å²) in [5, 5.41) is 3.51. The molecule has 1 unspecified atom stereocenters. The maximum atomic E-state index is 4.57. The van der Waals surface area contributed by atoms with Gasteiger partial charge in [0.2, 0.25) is 0 Å². The van der Waals surface area contributed by atoms with Gasteiger partial charge in [0, 0.05) is 15.1 Å². The number of rotatable bonds is 4. The molecule has 0 aliphatic heterocycles. The Bertz CT molecular complexity index is 611. The molecule has 106 valence electrons. The number of halogens is 2. The summed E-state index contributed by atoms with van der Waals surface area (Å²) in [5.41, 5.74) is 4.87. The minimum atomic E-state index is 0.0989. The van der Waals surface area contributed by atoms with Crippen LogP contribution in [0.25, 0.3) is 0 Å². The van der Waals surface area contributed by atoms with E-state index in [9.17, 15) is 0 Å². The SMILES string of the molecule is CCNC(c1ccc(C)c(C)c1)c1ncc(Br)cc1Br. The highest BCUT2D eigenvalue weighted by atomic mass is 79.9. The Labute approximate surface area is 137 Å². The number of nitrogens with one attached hydrogen (secondary N) is 1. The quantitative estimate of drug-likeness (QED) is 0.791. The number of aryl methyl sites for hydroxylation is 2. The minimum Gasteiger partial charge on any atom is -0.305 e. The van der Waals surface area contributed by atoms with E-state index in [1.807, 2.05) is 12.3 Å². The fraction of sp³-hybridized carbons (Fsp3) is 0.312. The van der Waals surface area contributed by atoms with Gasteiger partial charge >= 0.3 is 0 Å². The lowest BCUT2D eigenvalue weighted by Gasteiger charge is -2.20. The summed E-state index contributed by atoms with van der Waals surface area (Å²) in [6.45, 7) is 7.28. The summed E-state index contributed by atoms with van der Waals surface area (Å²) in [4.78, 5) is 4.57. The van der Waals surface area contributed by atoms with Crippen LogP contribution in [0.1, 0.15) is 35.3 Å². The zero-order chi connectivity index (χ0) is 14.7. The molecule has 0 saturated carbocycles. The van der Waals surface area contributed by atoms with Crippen molar-refractivity contribution in [2.24, 2.45) is 0 Å². The van der Waals surface area contributed by atoms with Gasteiger partial charge < -0.3 is 5.32 Å². The van der Waals surface area contributed by atoms with Gasteiger partial charge in [0.05, 0.1) is 11.7 Å². The highest BCUT2D eigenvalue weighted by Crippen LogP contribution is 2.29. The average Bonchev–Trinajstić information content (AvgIpc) is 2.40. The van der Waals surface area contributed by atoms with Crippen LogP contribution < -0.4 is 5.32 Å². The lowest BCUT2D eigenvalue weighted by atomic mass is 9.98. The van der Waals surface area contributed by atoms with Crippen LogP contribution in [0.15, 0.2) is 39.4 Å². The van der Waals surface area contributed by atoms with E-state index >= 15 is 0 Å². The summed E-state index contributed by atoms with van der Waals surface area (Å²) in [5.74, 6) is 0. The second-order valence-corrected chi connectivity index (χ2v) is 6.62. The lowest BCUT2D eigenvalue weighted by Crippen LogP contribution is -2.23. The third kappa shape index (κ3) is 3.48. The molecule has 20 heavy (non-hydrogen) atoms. The first-order valence-electron chi connectivity index (χ1n) is 6.64. The van der Waals surface area contributed by atoms with E-state index in [-0.39, 0.29) is 6.04 Å². The van der Waals surface area contributed by atoms with Gasteiger partial charge in [-0.15, -0.1) is 0 Å².